The van der Waals surface area contributed by atoms with Gasteiger partial charge in [-0.05, 0) is 64.6 Å². The van der Waals surface area contributed by atoms with Crippen LogP contribution in [0.3, 0.4) is 0 Å². The second kappa shape index (κ2) is 9.69. The molecule has 0 aliphatic carbocycles. The molecule has 0 bridgehead atoms. The Hall–Kier alpha value is -1.64. The summed E-state index contributed by atoms with van der Waals surface area (Å²) in [5.74, 6) is -0.270. The number of aromatic nitrogens is 2. The van der Waals surface area contributed by atoms with Gasteiger partial charge in [-0.25, -0.2) is 9.37 Å². The van der Waals surface area contributed by atoms with Gasteiger partial charge in [-0.15, -0.1) is 0 Å². The van der Waals surface area contributed by atoms with Crippen LogP contribution in [0.15, 0.2) is 35.2 Å². The predicted octanol–water partition coefficient (Wildman–Crippen LogP) is 6.04. The van der Waals surface area contributed by atoms with Gasteiger partial charge in [-0.1, -0.05) is 27.7 Å². The third-order valence-corrected chi connectivity index (χ3v) is 11.8. The normalized spacial score (nSPS) is 19.8. The van der Waals surface area contributed by atoms with Crippen molar-refractivity contribution in [2.24, 2.45) is 5.92 Å². The van der Waals surface area contributed by atoms with E-state index < -0.39 is 14.1 Å². The summed E-state index contributed by atoms with van der Waals surface area (Å²) in [4.78, 5) is 23.4. The van der Waals surface area contributed by atoms with Crippen LogP contribution in [0.5, 0.6) is 0 Å². The van der Waals surface area contributed by atoms with E-state index in [1.165, 1.54) is 12.1 Å². The van der Waals surface area contributed by atoms with Crippen molar-refractivity contribution in [2.45, 2.75) is 64.8 Å². The zero-order valence-corrected chi connectivity index (χ0v) is 22.4. The van der Waals surface area contributed by atoms with E-state index in [2.05, 4.69) is 71.6 Å². The Morgan fingerprint density at radius 2 is 2.03 bits per heavy atom. The maximum atomic E-state index is 13.5. The first-order valence-corrected chi connectivity index (χ1v) is 14.8. The molecular formula is C24H33BrFN3O2Si. The Morgan fingerprint density at radius 3 is 2.66 bits per heavy atom. The Bertz CT molecular complexity index is 980. The van der Waals surface area contributed by atoms with Crippen LogP contribution in [0, 0.1) is 11.7 Å². The molecule has 8 heteroatoms. The van der Waals surface area contributed by atoms with E-state index in [1.807, 2.05) is 6.07 Å². The fourth-order valence-electron chi connectivity index (χ4n) is 3.77. The number of carbonyl (C=O) groups is 1. The van der Waals surface area contributed by atoms with Crippen molar-refractivity contribution in [2.75, 3.05) is 18.0 Å². The molecule has 0 amide bonds. The van der Waals surface area contributed by atoms with Crippen LogP contribution in [0.25, 0.3) is 0 Å². The summed E-state index contributed by atoms with van der Waals surface area (Å²) >= 11 is 3.05. The van der Waals surface area contributed by atoms with Crippen LogP contribution in [0.4, 0.5) is 10.1 Å². The van der Waals surface area contributed by atoms with Gasteiger partial charge in [0.1, 0.15) is 10.3 Å². The van der Waals surface area contributed by atoms with Gasteiger partial charge in [-0.3, -0.25) is 9.78 Å². The SMILES string of the molecule is C[C@@H]1CN(c2ccncc2CC(=O)c2ccc(F)c(Br)n2)CC[C@H]1O[Si](C)(C)C(C)(C)C. The molecule has 0 saturated carbocycles. The van der Waals surface area contributed by atoms with Crippen molar-refractivity contribution in [1.29, 1.82) is 0 Å². The summed E-state index contributed by atoms with van der Waals surface area (Å²) in [6, 6.07) is 4.64. The lowest BCUT2D eigenvalue weighted by molar-refractivity contribution is 0.0986. The van der Waals surface area contributed by atoms with Crippen LogP contribution in [0.2, 0.25) is 18.1 Å². The fourth-order valence-corrected chi connectivity index (χ4v) is 5.56. The molecule has 32 heavy (non-hydrogen) atoms. The standard InChI is InChI=1S/C24H33BrFN3O2Si/c1-16-15-29(12-10-22(16)31-32(5,6)24(2,3)4)20-9-11-27-14-17(20)13-21(30)19-8-7-18(26)23(25)28-19/h7-9,11,14,16,22H,10,12-13,15H2,1-6H3/t16-,22-/m1/s1. The van der Waals surface area contributed by atoms with Crippen molar-refractivity contribution in [3.05, 3.63) is 52.3 Å². The zero-order chi connectivity index (χ0) is 23.7. The molecule has 1 fully saturated rings. The highest BCUT2D eigenvalue weighted by atomic mass is 79.9. The van der Waals surface area contributed by atoms with Crippen LogP contribution < -0.4 is 4.90 Å². The maximum absolute atomic E-state index is 13.5. The molecule has 1 aliphatic heterocycles. The molecule has 5 nitrogen and oxygen atoms in total. The molecule has 1 saturated heterocycles. The summed E-state index contributed by atoms with van der Waals surface area (Å²) < 4.78 is 20.3. The van der Waals surface area contributed by atoms with Crippen LogP contribution in [-0.4, -0.2) is 43.3 Å². The minimum absolute atomic E-state index is 0.0485. The molecule has 0 unspecified atom stereocenters. The van der Waals surface area contributed by atoms with Gasteiger partial charge in [-0.2, -0.15) is 0 Å². The molecule has 2 aromatic rings. The minimum atomic E-state index is -1.83. The number of carbonyl (C=O) groups excluding carboxylic acids is 1. The summed E-state index contributed by atoms with van der Waals surface area (Å²) in [6.07, 6.45) is 4.88. The van der Waals surface area contributed by atoms with E-state index in [4.69, 9.17) is 4.43 Å². The van der Waals surface area contributed by atoms with Gasteiger partial charge in [0.05, 0.1) is 6.10 Å². The second-order valence-corrected chi connectivity index (χ2v) is 15.7. The Balaban J connectivity index is 1.72. The quantitative estimate of drug-likeness (QED) is 0.263. The number of piperidine rings is 1. The smallest absolute Gasteiger partial charge is 0.192 e. The first-order valence-electron chi connectivity index (χ1n) is 11.1. The fraction of sp³-hybridized carbons (Fsp3) is 0.542. The van der Waals surface area contributed by atoms with Crippen molar-refractivity contribution < 1.29 is 13.6 Å². The number of hydrogen-bond donors (Lipinski definition) is 0. The number of ketones is 1. The minimum Gasteiger partial charge on any atom is -0.414 e. The number of nitrogens with zero attached hydrogens (tertiary/aromatic N) is 3. The summed E-state index contributed by atoms with van der Waals surface area (Å²) in [7, 11) is -1.83. The largest absolute Gasteiger partial charge is 0.414 e. The molecule has 174 valence electrons. The number of halogens is 2. The molecule has 3 rings (SSSR count). The molecule has 2 atom stereocenters. The molecule has 0 radical (unpaired) electrons. The van der Waals surface area contributed by atoms with Crippen LogP contribution >= 0.6 is 15.9 Å². The van der Waals surface area contributed by atoms with E-state index in [0.717, 1.165) is 30.8 Å². The lowest BCUT2D eigenvalue weighted by Crippen LogP contribution is -2.50. The van der Waals surface area contributed by atoms with Crippen molar-refractivity contribution in [3.8, 4) is 0 Å². The highest BCUT2D eigenvalue weighted by Crippen LogP contribution is 2.39. The summed E-state index contributed by atoms with van der Waals surface area (Å²) in [5, 5.41) is 0.186. The third-order valence-electron chi connectivity index (χ3n) is 6.74. The number of hydrogen-bond acceptors (Lipinski definition) is 5. The summed E-state index contributed by atoms with van der Waals surface area (Å²) in [5.41, 5.74) is 2.12. The number of anilines is 1. The zero-order valence-electron chi connectivity index (χ0n) is 19.8. The van der Waals surface area contributed by atoms with E-state index in [9.17, 15) is 9.18 Å². The molecule has 2 aromatic heterocycles. The van der Waals surface area contributed by atoms with Gasteiger partial charge in [0.25, 0.3) is 0 Å². The molecule has 0 aromatic carbocycles. The Labute approximate surface area is 200 Å². The number of rotatable bonds is 6. The Kier molecular flexibility index (Phi) is 7.57. The molecule has 1 aliphatic rings. The lowest BCUT2D eigenvalue weighted by Gasteiger charge is -2.45. The first-order chi connectivity index (χ1) is 14.9. The highest BCUT2D eigenvalue weighted by Gasteiger charge is 2.41. The van der Waals surface area contributed by atoms with E-state index >= 15 is 0 Å². The van der Waals surface area contributed by atoms with Crippen molar-refractivity contribution >= 4 is 35.7 Å². The first kappa shape index (κ1) is 25.0. The van der Waals surface area contributed by atoms with Crippen molar-refractivity contribution in [1.82, 2.24) is 9.97 Å². The average Bonchev–Trinajstić information content (AvgIpc) is 2.71. The van der Waals surface area contributed by atoms with E-state index in [-0.39, 0.29) is 33.6 Å². The molecule has 3 heterocycles. The van der Waals surface area contributed by atoms with Gasteiger partial charge in [0, 0.05) is 43.2 Å². The molecule has 0 N–H and O–H groups in total. The van der Waals surface area contributed by atoms with Gasteiger partial charge >= 0.3 is 0 Å². The van der Waals surface area contributed by atoms with Gasteiger partial charge in [0.2, 0.25) is 0 Å². The topological polar surface area (TPSA) is 55.3 Å². The summed E-state index contributed by atoms with van der Waals surface area (Å²) in [6.45, 7) is 15.4. The van der Waals surface area contributed by atoms with Crippen LogP contribution in [0.1, 0.15) is 50.2 Å². The molecular weight excluding hydrogens is 489 g/mol. The monoisotopic (exact) mass is 521 g/mol. The van der Waals surface area contributed by atoms with E-state index in [0.29, 0.717) is 5.92 Å². The lowest BCUT2D eigenvalue weighted by atomic mass is 9.95. The number of Topliss-reactive ketones (excluding diaryl/α,β-unsaturated/α-hetero) is 1. The third kappa shape index (κ3) is 5.64. The Morgan fingerprint density at radius 1 is 1.31 bits per heavy atom. The van der Waals surface area contributed by atoms with E-state index in [1.54, 1.807) is 12.4 Å². The second-order valence-electron chi connectivity index (χ2n) is 10.2. The average molecular weight is 523 g/mol. The van der Waals surface area contributed by atoms with Gasteiger partial charge in [0.15, 0.2) is 19.9 Å². The van der Waals surface area contributed by atoms with Gasteiger partial charge < -0.3 is 9.33 Å². The van der Waals surface area contributed by atoms with Crippen LogP contribution in [-0.2, 0) is 10.8 Å². The maximum Gasteiger partial charge on any atom is 0.192 e. The van der Waals surface area contributed by atoms with Crippen molar-refractivity contribution in [3.63, 3.8) is 0 Å². The molecule has 0 spiro atoms. The number of pyridine rings is 2. The predicted molar refractivity (Wildman–Crippen MR) is 132 cm³/mol. The highest BCUT2D eigenvalue weighted by molar-refractivity contribution is 9.10.